The molecule has 2 aromatic carbocycles. The van der Waals surface area contributed by atoms with Gasteiger partial charge in [0.15, 0.2) is 0 Å². The number of methoxy groups -OCH3 is 1. The van der Waals surface area contributed by atoms with E-state index in [-0.39, 0.29) is 10.7 Å². The second-order valence-corrected chi connectivity index (χ2v) is 6.11. The molecule has 8 heteroatoms. The van der Waals surface area contributed by atoms with E-state index in [0.717, 1.165) is 5.56 Å². The zero-order chi connectivity index (χ0) is 19.4. The highest BCUT2D eigenvalue weighted by Gasteiger charge is 2.12. The molecule has 0 saturated carbocycles. The van der Waals surface area contributed by atoms with Crippen molar-refractivity contribution < 1.29 is 13.9 Å². The molecule has 1 amide bonds. The monoisotopic (exact) mass is 386 g/mol. The van der Waals surface area contributed by atoms with Crippen LogP contribution in [0.2, 0.25) is 5.02 Å². The van der Waals surface area contributed by atoms with E-state index in [1.165, 1.54) is 37.7 Å². The van der Waals surface area contributed by atoms with Gasteiger partial charge in [0, 0.05) is 5.69 Å². The lowest BCUT2D eigenvalue weighted by molar-refractivity contribution is 0.102. The molecule has 1 heterocycles. The summed E-state index contributed by atoms with van der Waals surface area (Å²) >= 11 is 5.75. The van der Waals surface area contributed by atoms with Gasteiger partial charge in [-0.25, -0.2) is 14.4 Å². The van der Waals surface area contributed by atoms with Gasteiger partial charge in [-0.3, -0.25) is 4.79 Å². The summed E-state index contributed by atoms with van der Waals surface area (Å²) in [6, 6.07) is 9.66. The molecule has 0 spiro atoms. The van der Waals surface area contributed by atoms with Crippen LogP contribution in [0.4, 0.5) is 21.6 Å². The number of aryl methyl sites for hydroxylation is 1. The van der Waals surface area contributed by atoms with Crippen LogP contribution in [0.1, 0.15) is 16.1 Å². The van der Waals surface area contributed by atoms with Crippen molar-refractivity contribution in [1.29, 1.82) is 0 Å². The lowest BCUT2D eigenvalue weighted by Crippen LogP contribution is -2.15. The predicted octanol–water partition coefficient (Wildman–Crippen LogP) is 4.58. The number of nitrogens with one attached hydrogen (secondary N) is 2. The summed E-state index contributed by atoms with van der Waals surface area (Å²) in [5, 5.41) is 5.69. The molecule has 3 aromatic rings. The number of halogens is 2. The Kier molecular flexibility index (Phi) is 5.52. The van der Waals surface area contributed by atoms with E-state index in [9.17, 15) is 9.18 Å². The van der Waals surface area contributed by atoms with Gasteiger partial charge >= 0.3 is 0 Å². The Labute approximate surface area is 160 Å². The number of hydrogen-bond acceptors (Lipinski definition) is 5. The molecule has 138 valence electrons. The van der Waals surface area contributed by atoms with Crippen LogP contribution in [-0.4, -0.2) is 23.0 Å². The van der Waals surface area contributed by atoms with Crippen LogP contribution in [0.3, 0.4) is 0 Å². The molecule has 2 N–H and O–H groups in total. The Morgan fingerprint density at radius 2 is 1.96 bits per heavy atom. The molecule has 0 unspecified atom stereocenters. The normalized spacial score (nSPS) is 10.4. The second-order valence-electron chi connectivity index (χ2n) is 5.70. The van der Waals surface area contributed by atoms with Crippen molar-refractivity contribution in [2.45, 2.75) is 6.92 Å². The number of benzene rings is 2. The lowest BCUT2D eigenvalue weighted by Gasteiger charge is -2.11. The topological polar surface area (TPSA) is 76.1 Å². The molecule has 0 saturated heterocycles. The first-order valence-corrected chi connectivity index (χ1v) is 8.34. The lowest BCUT2D eigenvalue weighted by atomic mass is 10.2. The average molecular weight is 387 g/mol. The number of aromatic nitrogens is 2. The van der Waals surface area contributed by atoms with Crippen molar-refractivity contribution in [2.75, 3.05) is 17.7 Å². The summed E-state index contributed by atoms with van der Waals surface area (Å²) in [7, 11) is 1.53. The largest absolute Gasteiger partial charge is 0.495 e. The molecule has 6 nitrogen and oxygen atoms in total. The molecule has 0 atom stereocenters. The van der Waals surface area contributed by atoms with Crippen LogP contribution in [0.5, 0.6) is 5.75 Å². The number of rotatable bonds is 5. The van der Waals surface area contributed by atoms with Crippen LogP contribution >= 0.6 is 11.6 Å². The molecular weight excluding hydrogens is 371 g/mol. The van der Waals surface area contributed by atoms with Crippen LogP contribution in [0, 0.1) is 12.7 Å². The highest BCUT2D eigenvalue weighted by atomic mass is 35.5. The van der Waals surface area contributed by atoms with Crippen molar-refractivity contribution >= 4 is 34.7 Å². The smallest absolute Gasteiger partial charge is 0.275 e. The molecule has 0 fully saturated rings. The Hall–Kier alpha value is -3.19. The molecule has 0 bridgehead atoms. The van der Waals surface area contributed by atoms with E-state index in [2.05, 4.69) is 20.6 Å². The van der Waals surface area contributed by atoms with Crippen LogP contribution in [0.25, 0.3) is 0 Å². The maximum Gasteiger partial charge on any atom is 0.275 e. The van der Waals surface area contributed by atoms with Gasteiger partial charge in [0.25, 0.3) is 5.91 Å². The number of nitrogens with zero attached hydrogens (tertiary/aromatic N) is 2. The van der Waals surface area contributed by atoms with E-state index < -0.39 is 11.7 Å². The average Bonchev–Trinajstić information content (AvgIpc) is 2.65. The molecule has 0 aliphatic rings. The summed E-state index contributed by atoms with van der Waals surface area (Å²) in [4.78, 5) is 20.6. The molecular formula is C19H16ClFN4O2. The Morgan fingerprint density at radius 1 is 1.15 bits per heavy atom. The quantitative estimate of drug-likeness (QED) is 0.671. The van der Waals surface area contributed by atoms with Crippen LogP contribution < -0.4 is 15.4 Å². The maximum atomic E-state index is 13.2. The van der Waals surface area contributed by atoms with Gasteiger partial charge in [0.2, 0.25) is 0 Å². The number of hydrogen-bond donors (Lipinski definition) is 2. The highest BCUT2D eigenvalue weighted by Crippen LogP contribution is 2.26. The minimum absolute atomic E-state index is 0.00365. The first kappa shape index (κ1) is 18.6. The molecule has 0 aliphatic heterocycles. The summed E-state index contributed by atoms with van der Waals surface area (Å²) in [5.41, 5.74) is 2.22. The van der Waals surface area contributed by atoms with Gasteiger partial charge in [-0.05, 0) is 42.8 Å². The summed E-state index contributed by atoms with van der Waals surface area (Å²) in [6.07, 6.45) is 2.74. The van der Waals surface area contributed by atoms with E-state index >= 15 is 0 Å². The third-order valence-electron chi connectivity index (χ3n) is 3.68. The van der Waals surface area contributed by atoms with Gasteiger partial charge in [0.05, 0.1) is 30.2 Å². The Balaban J connectivity index is 1.72. The van der Waals surface area contributed by atoms with Gasteiger partial charge in [-0.15, -0.1) is 0 Å². The number of carbonyl (C=O) groups is 1. The van der Waals surface area contributed by atoms with Crippen LogP contribution in [-0.2, 0) is 0 Å². The van der Waals surface area contributed by atoms with E-state index in [1.807, 2.05) is 13.0 Å². The SMILES string of the molecule is COc1ccc(C)cc1NC(=O)c1cnc(Nc2ccc(F)c(Cl)c2)cn1. The third-order valence-corrected chi connectivity index (χ3v) is 3.97. The molecule has 3 rings (SSSR count). The van der Waals surface area contributed by atoms with Crippen molar-refractivity contribution in [2.24, 2.45) is 0 Å². The maximum absolute atomic E-state index is 13.2. The van der Waals surface area contributed by atoms with Crippen molar-refractivity contribution in [3.8, 4) is 5.75 Å². The third kappa shape index (κ3) is 4.51. The van der Waals surface area contributed by atoms with Crippen molar-refractivity contribution in [1.82, 2.24) is 9.97 Å². The molecule has 0 aliphatic carbocycles. The fourth-order valence-corrected chi connectivity index (χ4v) is 2.52. The van der Waals surface area contributed by atoms with Crippen LogP contribution in [0.15, 0.2) is 48.8 Å². The van der Waals surface area contributed by atoms with E-state index in [4.69, 9.17) is 16.3 Å². The summed E-state index contributed by atoms with van der Waals surface area (Å²) < 4.78 is 18.4. The van der Waals surface area contributed by atoms with E-state index in [1.54, 1.807) is 12.1 Å². The number of anilines is 3. The predicted molar refractivity (Wildman–Crippen MR) is 102 cm³/mol. The standard InChI is InChI=1S/C19H16ClFN4O2/c1-11-3-6-17(27-2)15(7-11)25-19(26)16-9-23-18(10-22-16)24-12-4-5-14(21)13(20)8-12/h3-10H,1-2H3,(H,23,24)(H,25,26). The first-order valence-electron chi connectivity index (χ1n) is 7.96. The summed E-state index contributed by atoms with van der Waals surface area (Å²) in [5.74, 6) is 0.0189. The summed E-state index contributed by atoms with van der Waals surface area (Å²) in [6.45, 7) is 1.91. The fourth-order valence-electron chi connectivity index (χ4n) is 2.34. The first-order chi connectivity index (χ1) is 13.0. The Morgan fingerprint density at radius 3 is 2.63 bits per heavy atom. The van der Waals surface area contributed by atoms with Gasteiger partial charge < -0.3 is 15.4 Å². The molecule has 1 aromatic heterocycles. The fraction of sp³-hybridized carbons (Fsp3) is 0.105. The van der Waals surface area contributed by atoms with Crippen molar-refractivity contribution in [3.63, 3.8) is 0 Å². The second kappa shape index (κ2) is 8.01. The zero-order valence-corrected chi connectivity index (χ0v) is 15.3. The highest BCUT2D eigenvalue weighted by molar-refractivity contribution is 6.31. The van der Waals surface area contributed by atoms with Gasteiger partial charge in [-0.1, -0.05) is 17.7 Å². The number of amides is 1. The zero-order valence-electron chi connectivity index (χ0n) is 14.6. The number of ether oxygens (including phenoxy) is 1. The van der Waals surface area contributed by atoms with E-state index in [0.29, 0.717) is 22.9 Å². The minimum Gasteiger partial charge on any atom is -0.495 e. The van der Waals surface area contributed by atoms with Gasteiger partial charge in [-0.2, -0.15) is 0 Å². The van der Waals surface area contributed by atoms with Gasteiger partial charge in [0.1, 0.15) is 23.1 Å². The minimum atomic E-state index is -0.508. The van der Waals surface area contributed by atoms with Crippen molar-refractivity contribution in [3.05, 3.63) is 70.9 Å². The molecule has 27 heavy (non-hydrogen) atoms. The Bertz CT molecular complexity index is 980. The number of carbonyl (C=O) groups excluding carboxylic acids is 1. The molecule has 0 radical (unpaired) electrons.